The third kappa shape index (κ3) is 5.25. The molecule has 1 aromatic rings. The van der Waals surface area contributed by atoms with Crippen LogP contribution >= 0.6 is 0 Å². The zero-order valence-corrected chi connectivity index (χ0v) is 13.8. The van der Waals surface area contributed by atoms with Crippen molar-refractivity contribution in [3.05, 3.63) is 17.8 Å². The lowest BCUT2D eigenvalue weighted by atomic mass is 10.2. The Bertz CT molecular complexity index is 407. The molecule has 0 aromatic carbocycles. The van der Waals surface area contributed by atoms with Gasteiger partial charge < -0.3 is 10.2 Å². The highest BCUT2D eigenvalue weighted by molar-refractivity contribution is 5.37. The van der Waals surface area contributed by atoms with Gasteiger partial charge in [0.1, 0.15) is 0 Å². The van der Waals surface area contributed by atoms with Gasteiger partial charge in [0.25, 0.3) is 0 Å². The molecule has 0 spiro atoms. The van der Waals surface area contributed by atoms with Crippen LogP contribution in [0.25, 0.3) is 0 Å². The summed E-state index contributed by atoms with van der Waals surface area (Å²) in [6, 6.07) is 4.65. The Morgan fingerprint density at radius 3 is 2.29 bits per heavy atom. The lowest BCUT2D eigenvalue weighted by molar-refractivity contribution is 0.231. The van der Waals surface area contributed by atoms with Crippen LogP contribution in [0.2, 0.25) is 0 Å². The minimum absolute atomic E-state index is 0.473. The van der Waals surface area contributed by atoms with Crippen molar-refractivity contribution < 1.29 is 0 Å². The van der Waals surface area contributed by atoms with E-state index in [4.69, 9.17) is 0 Å². The van der Waals surface area contributed by atoms with E-state index < -0.39 is 0 Å². The number of anilines is 1. The predicted molar refractivity (Wildman–Crippen MR) is 87.5 cm³/mol. The average molecular weight is 291 g/mol. The average Bonchev–Trinajstić information content (AvgIpc) is 2.46. The van der Waals surface area contributed by atoms with Crippen LogP contribution in [-0.4, -0.2) is 53.9 Å². The molecule has 1 aromatic heterocycles. The molecule has 1 N–H and O–H groups in total. The molecule has 1 aliphatic rings. The van der Waals surface area contributed by atoms with E-state index in [2.05, 4.69) is 65.1 Å². The van der Waals surface area contributed by atoms with Crippen LogP contribution in [0.5, 0.6) is 0 Å². The van der Waals surface area contributed by atoms with E-state index in [1.165, 1.54) is 6.54 Å². The Balaban J connectivity index is 1.83. The molecule has 1 fully saturated rings. The second kappa shape index (κ2) is 7.71. The van der Waals surface area contributed by atoms with Gasteiger partial charge in [-0.3, -0.25) is 4.90 Å². The molecular formula is C16H29N5. The SMILES string of the molecule is CC(C)CN1CCN(c2ccc(CNC(C)C)nn2)CC1. The first-order valence-corrected chi connectivity index (χ1v) is 8.08. The van der Waals surface area contributed by atoms with E-state index in [0.717, 1.165) is 50.2 Å². The maximum Gasteiger partial charge on any atom is 0.151 e. The smallest absolute Gasteiger partial charge is 0.151 e. The Morgan fingerprint density at radius 1 is 1.05 bits per heavy atom. The predicted octanol–water partition coefficient (Wildman–Crippen LogP) is 1.75. The molecule has 1 saturated heterocycles. The largest absolute Gasteiger partial charge is 0.353 e. The first-order chi connectivity index (χ1) is 10.0. The maximum atomic E-state index is 4.38. The molecule has 0 bridgehead atoms. The van der Waals surface area contributed by atoms with E-state index in [1.807, 2.05) is 0 Å². The number of nitrogens with zero attached hydrogens (tertiary/aromatic N) is 4. The third-order valence-corrected chi connectivity index (χ3v) is 3.72. The van der Waals surface area contributed by atoms with Gasteiger partial charge in [-0.2, -0.15) is 5.10 Å². The van der Waals surface area contributed by atoms with Crippen LogP contribution in [0.4, 0.5) is 5.82 Å². The van der Waals surface area contributed by atoms with Crippen molar-refractivity contribution in [3.8, 4) is 0 Å². The van der Waals surface area contributed by atoms with Gasteiger partial charge in [-0.15, -0.1) is 5.10 Å². The number of nitrogens with one attached hydrogen (secondary N) is 1. The lowest BCUT2D eigenvalue weighted by Gasteiger charge is -2.35. The van der Waals surface area contributed by atoms with E-state index >= 15 is 0 Å². The van der Waals surface area contributed by atoms with Crippen molar-refractivity contribution in [3.63, 3.8) is 0 Å². The molecule has 0 amide bonds. The summed E-state index contributed by atoms with van der Waals surface area (Å²) in [6.45, 7) is 15.1. The molecule has 2 rings (SSSR count). The zero-order chi connectivity index (χ0) is 15.2. The van der Waals surface area contributed by atoms with E-state index in [0.29, 0.717) is 6.04 Å². The van der Waals surface area contributed by atoms with Crippen molar-refractivity contribution in [2.45, 2.75) is 40.3 Å². The molecule has 21 heavy (non-hydrogen) atoms. The van der Waals surface area contributed by atoms with E-state index in [-0.39, 0.29) is 0 Å². The fourth-order valence-corrected chi connectivity index (χ4v) is 2.60. The number of aromatic nitrogens is 2. The monoisotopic (exact) mass is 291 g/mol. The number of hydrogen-bond donors (Lipinski definition) is 1. The van der Waals surface area contributed by atoms with Crippen LogP contribution < -0.4 is 10.2 Å². The minimum Gasteiger partial charge on any atom is -0.353 e. The summed E-state index contributed by atoms with van der Waals surface area (Å²) in [7, 11) is 0. The number of piperazine rings is 1. The summed E-state index contributed by atoms with van der Waals surface area (Å²) in [5.74, 6) is 1.75. The quantitative estimate of drug-likeness (QED) is 0.865. The Kier molecular flexibility index (Phi) is 5.94. The molecular weight excluding hydrogens is 262 g/mol. The molecule has 0 aliphatic carbocycles. The van der Waals surface area contributed by atoms with Crippen molar-refractivity contribution in [1.82, 2.24) is 20.4 Å². The normalized spacial score (nSPS) is 17.0. The van der Waals surface area contributed by atoms with Crippen LogP contribution in [0.15, 0.2) is 12.1 Å². The highest BCUT2D eigenvalue weighted by Gasteiger charge is 2.18. The number of hydrogen-bond acceptors (Lipinski definition) is 5. The second-order valence-corrected chi connectivity index (χ2v) is 6.60. The molecule has 2 heterocycles. The third-order valence-electron chi connectivity index (χ3n) is 3.72. The van der Waals surface area contributed by atoms with Gasteiger partial charge in [-0.05, 0) is 18.1 Å². The molecule has 0 atom stereocenters. The van der Waals surface area contributed by atoms with Crippen LogP contribution in [-0.2, 0) is 6.54 Å². The van der Waals surface area contributed by atoms with Gasteiger partial charge in [0, 0.05) is 45.3 Å². The highest BCUT2D eigenvalue weighted by Crippen LogP contribution is 2.13. The van der Waals surface area contributed by atoms with Gasteiger partial charge in [0.15, 0.2) is 5.82 Å². The molecule has 5 nitrogen and oxygen atoms in total. The van der Waals surface area contributed by atoms with Gasteiger partial charge in [-0.1, -0.05) is 27.7 Å². The van der Waals surface area contributed by atoms with E-state index in [1.54, 1.807) is 0 Å². The summed E-state index contributed by atoms with van der Waals surface area (Å²) >= 11 is 0. The summed E-state index contributed by atoms with van der Waals surface area (Å²) in [5.41, 5.74) is 1.01. The Hall–Kier alpha value is -1.20. The van der Waals surface area contributed by atoms with Crippen molar-refractivity contribution in [2.24, 2.45) is 5.92 Å². The number of rotatable bonds is 6. The van der Waals surface area contributed by atoms with E-state index in [9.17, 15) is 0 Å². The maximum absolute atomic E-state index is 4.38. The summed E-state index contributed by atoms with van der Waals surface area (Å²) in [4.78, 5) is 4.87. The van der Waals surface area contributed by atoms with Crippen molar-refractivity contribution in [1.29, 1.82) is 0 Å². The first-order valence-electron chi connectivity index (χ1n) is 8.08. The topological polar surface area (TPSA) is 44.3 Å². The summed E-state index contributed by atoms with van der Waals surface area (Å²) in [6.07, 6.45) is 0. The molecule has 1 aliphatic heterocycles. The highest BCUT2D eigenvalue weighted by atomic mass is 15.3. The summed E-state index contributed by atoms with van der Waals surface area (Å²) in [5, 5.41) is 12.1. The molecule has 0 saturated carbocycles. The van der Waals surface area contributed by atoms with Gasteiger partial charge in [0.2, 0.25) is 0 Å². The minimum atomic E-state index is 0.473. The second-order valence-electron chi connectivity index (χ2n) is 6.60. The van der Waals surface area contributed by atoms with Gasteiger partial charge in [0.05, 0.1) is 5.69 Å². The van der Waals surface area contributed by atoms with Crippen molar-refractivity contribution in [2.75, 3.05) is 37.6 Å². The lowest BCUT2D eigenvalue weighted by Crippen LogP contribution is -2.47. The van der Waals surface area contributed by atoms with Gasteiger partial charge in [-0.25, -0.2) is 0 Å². The molecule has 0 radical (unpaired) electrons. The van der Waals surface area contributed by atoms with Crippen molar-refractivity contribution >= 4 is 5.82 Å². The van der Waals surface area contributed by atoms with Crippen LogP contribution in [0.1, 0.15) is 33.4 Å². The molecule has 118 valence electrons. The standard InChI is InChI=1S/C16H29N5/c1-13(2)12-20-7-9-21(10-8-20)16-6-5-15(18-19-16)11-17-14(3)4/h5-6,13-14,17H,7-12H2,1-4H3. The Labute approximate surface area is 128 Å². The fraction of sp³-hybridized carbons (Fsp3) is 0.750. The molecule has 5 heteroatoms. The van der Waals surface area contributed by atoms with Crippen LogP contribution in [0, 0.1) is 5.92 Å². The molecule has 0 unspecified atom stereocenters. The Morgan fingerprint density at radius 2 is 1.76 bits per heavy atom. The van der Waals surface area contributed by atoms with Gasteiger partial charge >= 0.3 is 0 Å². The van der Waals surface area contributed by atoms with Crippen LogP contribution in [0.3, 0.4) is 0 Å². The summed E-state index contributed by atoms with van der Waals surface area (Å²) < 4.78 is 0. The zero-order valence-electron chi connectivity index (χ0n) is 13.8. The fourth-order valence-electron chi connectivity index (χ4n) is 2.60. The first kappa shape index (κ1) is 16.2.